The third-order valence-corrected chi connectivity index (χ3v) is 4.93. The van der Waals surface area contributed by atoms with E-state index in [1.807, 2.05) is 103 Å². The molecule has 0 saturated heterocycles. The quantitative estimate of drug-likeness (QED) is 0.354. The summed E-state index contributed by atoms with van der Waals surface area (Å²) in [5.41, 5.74) is 4.97. The molecule has 29 heavy (non-hydrogen) atoms. The minimum atomic E-state index is 0.722. The summed E-state index contributed by atoms with van der Waals surface area (Å²) >= 11 is 12.0. The first-order valence-electron chi connectivity index (χ1n) is 9.20. The van der Waals surface area contributed by atoms with Crippen LogP contribution in [0.4, 0.5) is 0 Å². The highest BCUT2D eigenvalue weighted by Gasteiger charge is 2.07. The second-order valence-corrected chi connectivity index (χ2v) is 7.39. The summed E-state index contributed by atoms with van der Waals surface area (Å²) in [6.07, 6.45) is 8.11. The normalized spacial score (nSPS) is 11.5. The zero-order valence-corrected chi connectivity index (χ0v) is 17.0. The van der Waals surface area contributed by atoms with Gasteiger partial charge in [-0.05, 0) is 47.5 Å². The van der Waals surface area contributed by atoms with E-state index in [2.05, 4.69) is 4.98 Å². The largest absolute Gasteiger partial charge is 0.338 e. The van der Waals surface area contributed by atoms with Gasteiger partial charge in [0, 0.05) is 15.6 Å². The number of halogens is 2. The van der Waals surface area contributed by atoms with Crippen molar-refractivity contribution < 1.29 is 0 Å². The smallest absolute Gasteiger partial charge is 0.138 e. The minimum absolute atomic E-state index is 0.722. The highest BCUT2D eigenvalue weighted by molar-refractivity contribution is 6.30. The highest BCUT2D eigenvalue weighted by atomic mass is 35.5. The van der Waals surface area contributed by atoms with Gasteiger partial charge < -0.3 is 4.98 Å². The lowest BCUT2D eigenvalue weighted by Gasteiger charge is -1.95. The molecule has 1 N–H and O–H groups in total. The van der Waals surface area contributed by atoms with E-state index in [0.717, 1.165) is 43.9 Å². The van der Waals surface area contributed by atoms with Crippen LogP contribution >= 0.6 is 23.2 Å². The van der Waals surface area contributed by atoms with Crippen LogP contribution in [0.15, 0.2) is 78.9 Å². The summed E-state index contributed by atoms with van der Waals surface area (Å²) in [4.78, 5) is 8.23. The van der Waals surface area contributed by atoms with E-state index >= 15 is 0 Å². The topological polar surface area (TPSA) is 28.7 Å². The minimum Gasteiger partial charge on any atom is -0.338 e. The van der Waals surface area contributed by atoms with Gasteiger partial charge in [0.2, 0.25) is 0 Å². The zero-order valence-electron chi connectivity index (χ0n) is 15.5. The summed E-state index contributed by atoms with van der Waals surface area (Å²) in [5.74, 6) is 0.831. The van der Waals surface area contributed by atoms with Crippen LogP contribution in [-0.2, 0) is 0 Å². The highest BCUT2D eigenvalue weighted by Crippen LogP contribution is 2.22. The molecule has 0 unspecified atom stereocenters. The maximum absolute atomic E-state index is 5.98. The van der Waals surface area contributed by atoms with Crippen molar-refractivity contribution in [3.8, 4) is 11.4 Å². The van der Waals surface area contributed by atoms with Gasteiger partial charge in [0.25, 0.3) is 0 Å². The molecule has 3 aromatic carbocycles. The third-order valence-electron chi connectivity index (χ3n) is 4.42. The van der Waals surface area contributed by atoms with Crippen LogP contribution in [0, 0.1) is 0 Å². The Bertz CT molecular complexity index is 1070. The molecular formula is C25H18Cl2N2. The summed E-state index contributed by atoms with van der Waals surface area (Å²) < 4.78 is 0. The first-order valence-corrected chi connectivity index (χ1v) is 9.96. The molecule has 0 bridgehead atoms. The number of aromatic amines is 1. The van der Waals surface area contributed by atoms with Crippen molar-refractivity contribution in [2.75, 3.05) is 0 Å². The molecule has 2 nitrogen and oxygen atoms in total. The van der Waals surface area contributed by atoms with E-state index in [4.69, 9.17) is 28.2 Å². The fourth-order valence-electron chi connectivity index (χ4n) is 2.89. The predicted octanol–water partition coefficient (Wildman–Crippen LogP) is 7.72. The number of H-pyrrole nitrogens is 1. The second kappa shape index (κ2) is 8.95. The molecule has 0 fully saturated rings. The Kier molecular flexibility index (Phi) is 5.95. The second-order valence-electron chi connectivity index (χ2n) is 6.52. The molecule has 1 aromatic heterocycles. The summed E-state index contributed by atoms with van der Waals surface area (Å²) in [6, 6.07) is 25.5. The molecule has 1 heterocycles. The van der Waals surface area contributed by atoms with Gasteiger partial charge in [-0.2, -0.15) is 0 Å². The van der Waals surface area contributed by atoms with E-state index in [1.54, 1.807) is 0 Å². The molecule has 4 aromatic rings. The van der Waals surface area contributed by atoms with E-state index in [0.29, 0.717) is 0 Å². The molecule has 4 rings (SSSR count). The van der Waals surface area contributed by atoms with E-state index in [-0.39, 0.29) is 0 Å². The Labute approximate surface area is 180 Å². The summed E-state index contributed by atoms with van der Waals surface area (Å²) in [5, 5.41) is 1.45. The van der Waals surface area contributed by atoms with Crippen LogP contribution < -0.4 is 0 Å². The van der Waals surface area contributed by atoms with Gasteiger partial charge in [-0.25, -0.2) is 4.98 Å². The van der Waals surface area contributed by atoms with Gasteiger partial charge in [-0.3, -0.25) is 0 Å². The number of imidazole rings is 1. The Hall–Kier alpha value is -3.07. The summed E-state index contributed by atoms with van der Waals surface area (Å²) in [6.45, 7) is 0. The Morgan fingerprint density at radius 2 is 1.17 bits per heavy atom. The van der Waals surface area contributed by atoms with Crippen LogP contribution in [0.1, 0.15) is 22.5 Å². The third kappa shape index (κ3) is 5.05. The lowest BCUT2D eigenvalue weighted by Crippen LogP contribution is -1.79. The van der Waals surface area contributed by atoms with Gasteiger partial charge in [-0.1, -0.05) is 90.0 Å². The Balaban J connectivity index is 1.68. The molecule has 0 amide bonds. The molecule has 0 atom stereocenters. The van der Waals surface area contributed by atoms with Crippen molar-refractivity contribution in [1.29, 1.82) is 0 Å². The molecule has 0 aliphatic rings. The molecule has 0 spiro atoms. The first kappa shape index (κ1) is 19.3. The van der Waals surface area contributed by atoms with E-state index in [1.165, 1.54) is 0 Å². The van der Waals surface area contributed by atoms with Crippen LogP contribution in [0.3, 0.4) is 0 Å². The number of hydrogen-bond donors (Lipinski definition) is 1. The predicted molar refractivity (Wildman–Crippen MR) is 125 cm³/mol. The maximum Gasteiger partial charge on any atom is 0.138 e. The van der Waals surface area contributed by atoms with Crippen molar-refractivity contribution in [3.05, 3.63) is 111 Å². The van der Waals surface area contributed by atoms with Gasteiger partial charge in [0.15, 0.2) is 0 Å². The van der Waals surface area contributed by atoms with Crippen LogP contribution in [0.5, 0.6) is 0 Å². The number of nitrogens with one attached hydrogen (secondary N) is 1. The van der Waals surface area contributed by atoms with E-state index < -0.39 is 0 Å². The lowest BCUT2D eigenvalue weighted by atomic mass is 10.1. The van der Waals surface area contributed by atoms with Crippen LogP contribution in [0.25, 0.3) is 35.7 Å². The first-order chi connectivity index (χ1) is 14.2. The average molecular weight is 417 g/mol. The Morgan fingerprint density at radius 1 is 0.621 bits per heavy atom. The Morgan fingerprint density at radius 3 is 1.76 bits per heavy atom. The van der Waals surface area contributed by atoms with Crippen molar-refractivity contribution in [2.45, 2.75) is 0 Å². The summed E-state index contributed by atoms with van der Waals surface area (Å²) in [7, 11) is 0. The maximum atomic E-state index is 5.98. The molecule has 4 heteroatoms. The van der Waals surface area contributed by atoms with E-state index in [9.17, 15) is 0 Å². The number of benzene rings is 3. The lowest BCUT2D eigenvalue weighted by molar-refractivity contribution is 1.30. The van der Waals surface area contributed by atoms with Crippen molar-refractivity contribution in [1.82, 2.24) is 9.97 Å². The van der Waals surface area contributed by atoms with Crippen LogP contribution in [-0.4, -0.2) is 9.97 Å². The molecule has 0 saturated carbocycles. The standard InChI is InChI=1S/C25H18Cl2N2/c26-21-12-6-18(7-13-21)10-16-23-24(17-11-19-8-14-22(27)15-9-19)29-25(28-23)20-4-2-1-3-5-20/h1-17H,(H,28,29). The van der Waals surface area contributed by atoms with Crippen molar-refractivity contribution in [2.24, 2.45) is 0 Å². The number of nitrogens with zero attached hydrogens (tertiary/aromatic N) is 1. The molecule has 0 aliphatic heterocycles. The molecule has 142 valence electrons. The van der Waals surface area contributed by atoms with Gasteiger partial charge >= 0.3 is 0 Å². The van der Waals surface area contributed by atoms with Crippen molar-refractivity contribution >= 4 is 47.5 Å². The number of aromatic nitrogens is 2. The van der Waals surface area contributed by atoms with Crippen LogP contribution in [0.2, 0.25) is 10.0 Å². The SMILES string of the molecule is Clc1ccc(C=Cc2nc(-c3ccccc3)[nH]c2C=Cc2ccc(Cl)cc2)cc1. The zero-order chi connectivity index (χ0) is 20.1. The monoisotopic (exact) mass is 416 g/mol. The number of hydrogen-bond acceptors (Lipinski definition) is 1. The average Bonchev–Trinajstić information content (AvgIpc) is 3.17. The van der Waals surface area contributed by atoms with Gasteiger partial charge in [0.1, 0.15) is 5.82 Å². The molecular weight excluding hydrogens is 399 g/mol. The van der Waals surface area contributed by atoms with Gasteiger partial charge in [0.05, 0.1) is 11.4 Å². The fraction of sp³-hybridized carbons (Fsp3) is 0. The van der Waals surface area contributed by atoms with Crippen molar-refractivity contribution in [3.63, 3.8) is 0 Å². The molecule has 0 radical (unpaired) electrons. The fourth-order valence-corrected chi connectivity index (χ4v) is 3.14. The number of rotatable bonds is 5. The molecule has 0 aliphatic carbocycles. The van der Waals surface area contributed by atoms with Gasteiger partial charge in [-0.15, -0.1) is 0 Å².